The number of ether oxygens (including phenoxy) is 1. The van der Waals surface area contributed by atoms with Gasteiger partial charge in [0.05, 0.1) is 0 Å². The average Bonchev–Trinajstić information content (AvgIpc) is 2.31. The molecular weight excluding hydrogens is 174 g/mol. The van der Waals surface area contributed by atoms with Crippen molar-refractivity contribution >= 4 is 18.5 Å². The molecule has 4 heteroatoms. The molecule has 1 heterocycles. The van der Waals surface area contributed by atoms with Crippen LogP contribution in [0.2, 0.25) is 0 Å². The lowest BCUT2D eigenvalue weighted by Gasteiger charge is -2.14. The van der Waals surface area contributed by atoms with E-state index in [9.17, 15) is 4.79 Å². The standard InChI is InChI=1S/C8H15NO2S/c1-11-4-2-3-9-6-7(12)5-8(9)10/h7,12H,2-6H2,1H3. The summed E-state index contributed by atoms with van der Waals surface area (Å²) in [6.07, 6.45) is 1.51. The molecule has 0 aromatic heterocycles. The molecule has 1 rings (SSSR count). The van der Waals surface area contributed by atoms with Gasteiger partial charge in [0, 0.05) is 38.5 Å². The first-order valence-electron chi connectivity index (χ1n) is 4.19. The van der Waals surface area contributed by atoms with E-state index >= 15 is 0 Å². The van der Waals surface area contributed by atoms with Crippen molar-refractivity contribution in [2.45, 2.75) is 18.1 Å². The molecule has 0 saturated carbocycles. The van der Waals surface area contributed by atoms with Crippen molar-refractivity contribution in [1.82, 2.24) is 4.90 Å². The largest absolute Gasteiger partial charge is 0.385 e. The van der Waals surface area contributed by atoms with E-state index in [-0.39, 0.29) is 11.2 Å². The molecule has 1 aliphatic rings. The lowest BCUT2D eigenvalue weighted by molar-refractivity contribution is -0.127. The van der Waals surface area contributed by atoms with Crippen LogP contribution in [0.25, 0.3) is 0 Å². The fourth-order valence-electron chi connectivity index (χ4n) is 1.37. The number of hydrogen-bond acceptors (Lipinski definition) is 3. The molecule has 0 spiro atoms. The lowest BCUT2D eigenvalue weighted by Crippen LogP contribution is -2.27. The van der Waals surface area contributed by atoms with Crippen molar-refractivity contribution < 1.29 is 9.53 Å². The number of nitrogens with zero attached hydrogens (tertiary/aromatic N) is 1. The molecule has 1 saturated heterocycles. The molecule has 70 valence electrons. The van der Waals surface area contributed by atoms with Crippen LogP contribution in [0.1, 0.15) is 12.8 Å². The Morgan fingerprint density at radius 1 is 1.75 bits per heavy atom. The highest BCUT2D eigenvalue weighted by Crippen LogP contribution is 2.15. The molecule has 1 aliphatic heterocycles. The van der Waals surface area contributed by atoms with Crippen LogP contribution >= 0.6 is 12.6 Å². The van der Waals surface area contributed by atoms with Gasteiger partial charge in [-0.05, 0) is 6.42 Å². The van der Waals surface area contributed by atoms with Crippen molar-refractivity contribution in [2.75, 3.05) is 26.8 Å². The van der Waals surface area contributed by atoms with Crippen LogP contribution in [0.3, 0.4) is 0 Å². The van der Waals surface area contributed by atoms with E-state index in [2.05, 4.69) is 12.6 Å². The average molecular weight is 189 g/mol. The van der Waals surface area contributed by atoms with Crippen molar-refractivity contribution in [3.63, 3.8) is 0 Å². The Morgan fingerprint density at radius 2 is 2.50 bits per heavy atom. The minimum atomic E-state index is 0.228. The number of thiol groups is 1. The highest BCUT2D eigenvalue weighted by molar-refractivity contribution is 7.81. The summed E-state index contributed by atoms with van der Waals surface area (Å²) in [6, 6.07) is 0. The first-order valence-corrected chi connectivity index (χ1v) is 4.70. The van der Waals surface area contributed by atoms with E-state index in [1.54, 1.807) is 7.11 Å². The monoisotopic (exact) mass is 189 g/mol. The quantitative estimate of drug-likeness (QED) is 0.517. The summed E-state index contributed by atoms with van der Waals surface area (Å²) in [5.41, 5.74) is 0. The molecule has 0 aromatic rings. The Hall–Kier alpha value is -0.220. The summed E-state index contributed by atoms with van der Waals surface area (Å²) in [4.78, 5) is 13.1. The van der Waals surface area contributed by atoms with Gasteiger partial charge in [-0.15, -0.1) is 0 Å². The molecule has 1 amide bonds. The van der Waals surface area contributed by atoms with Gasteiger partial charge >= 0.3 is 0 Å². The third kappa shape index (κ3) is 2.68. The number of methoxy groups -OCH3 is 1. The third-order valence-corrected chi connectivity index (χ3v) is 2.32. The van der Waals surface area contributed by atoms with Gasteiger partial charge in [0.1, 0.15) is 0 Å². The summed E-state index contributed by atoms with van der Waals surface area (Å²) in [6.45, 7) is 2.33. The summed E-state index contributed by atoms with van der Waals surface area (Å²) in [5, 5.41) is 0.236. The minimum Gasteiger partial charge on any atom is -0.385 e. The number of likely N-dealkylation sites (tertiary alicyclic amines) is 1. The summed E-state index contributed by atoms with van der Waals surface area (Å²) in [7, 11) is 1.67. The zero-order valence-electron chi connectivity index (χ0n) is 7.32. The number of carbonyl (C=O) groups is 1. The SMILES string of the molecule is COCCCN1CC(S)CC1=O. The van der Waals surface area contributed by atoms with Crippen LogP contribution < -0.4 is 0 Å². The van der Waals surface area contributed by atoms with Gasteiger partial charge in [-0.25, -0.2) is 0 Å². The summed E-state index contributed by atoms with van der Waals surface area (Å²) < 4.78 is 4.91. The fraction of sp³-hybridized carbons (Fsp3) is 0.875. The first kappa shape index (κ1) is 9.86. The normalized spacial score (nSPS) is 23.7. The predicted octanol–water partition coefficient (Wildman–Crippen LogP) is 0.554. The highest BCUT2D eigenvalue weighted by Gasteiger charge is 2.26. The van der Waals surface area contributed by atoms with Crippen LogP contribution in [0.5, 0.6) is 0 Å². The zero-order valence-corrected chi connectivity index (χ0v) is 8.22. The topological polar surface area (TPSA) is 29.5 Å². The van der Waals surface area contributed by atoms with Gasteiger partial charge in [-0.2, -0.15) is 12.6 Å². The Bertz CT molecular complexity index is 163. The van der Waals surface area contributed by atoms with Crippen molar-refractivity contribution in [3.05, 3.63) is 0 Å². The Morgan fingerprint density at radius 3 is 3.00 bits per heavy atom. The maximum atomic E-state index is 11.2. The minimum absolute atomic E-state index is 0.228. The molecule has 1 fully saturated rings. The summed E-state index contributed by atoms with van der Waals surface area (Å²) >= 11 is 4.26. The van der Waals surface area contributed by atoms with E-state index in [0.717, 1.165) is 26.1 Å². The van der Waals surface area contributed by atoms with Gasteiger partial charge in [-0.3, -0.25) is 4.79 Å². The van der Waals surface area contributed by atoms with Crippen LogP contribution in [0, 0.1) is 0 Å². The van der Waals surface area contributed by atoms with Gasteiger partial charge in [0.15, 0.2) is 0 Å². The predicted molar refractivity (Wildman–Crippen MR) is 50.5 cm³/mol. The Kier molecular flexibility index (Phi) is 3.88. The number of amides is 1. The van der Waals surface area contributed by atoms with Gasteiger partial charge in [0.25, 0.3) is 0 Å². The second-order valence-corrected chi connectivity index (χ2v) is 3.77. The molecule has 0 radical (unpaired) electrons. The highest BCUT2D eigenvalue weighted by atomic mass is 32.1. The lowest BCUT2D eigenvalue weighted by atomic mass is 10.4. The van der Waals surface area contributed by atoms with Gasteiger partial charge < -0.3 is 9.64 Å². The van der Waals surface area contributed by atoms with Crippen LogP contribution in [0.4, 0.5) is 0 Å². The maximum Gasteiger partial charge on any atom is 0.223 e. The molecule has 0 aromatic carbocycles. The number of hydrogen-bond donors (Lipinski definition) is 1. The third-order valence-electron chi connectivity index (χ3n) is 1.97. The van der Waals surface area contributed by atoms with E-state index in [1.165, 1.54) is 0 Å². The van der Waals surface area contributed by atoms with E-state index in [4.69, 9.17) is 4.74 Å². The molecule has 0 aliphatic carbocycles. The van der Waals surface area contributed by atoms with E-state index in [0.29, 0.717) is 6.42 Å². The molecule has 0 N–H and O–H groups in total. The molecule has 1 atom stereocenters. The molecule has 3 nitrogen and oxygen atoms in total. The zero-order chi connectivity index (χ0) is 8.97. The van der Waals surface area contributed by atoms with E-state index < -0.39 is 0 Å². The van der Waals surface area contributed by atoms with Crippen molar-refractivity contribution in [2.24, 2.45) is 0 Å². The second kappa shape index (κ2) is 4.72. The van der Waals surface area contributed by atoms with Crippen LogP contribution in [-0.4, -0.2) is 42.9 Å². The smallest absolute Gasteiger partial charge is 0.223 e. The van der Waals surface area contributed by atoms with Crippen LogP contribution in [0.15, 0.2) is 0 Å². The molecule has 1 unspecified atom stereocenters. The Balaban J connectivity index is 2.19. The Labute approximate surface area is 78.5 Å². The van der Waals surface area contributed by atoms with Crippen molar-refractivity contribution in [1.29, 1.82) is 0 Å². The molecular formula is C8H15NO2S. The fourth-order valence-corrected chi connectivity index (χ4v) is 1.72. The van der Waals surface area contributed by atoms with Gasteiger partial charge in [0.2, 0.25) is 5.91 Å². The van der Waals surface area contributed by atoms with E-state index in [1.807, 2.05) is 4.90 Å². The second-order valence-electron chi connectivity index (χ2n) is 3.04. The number of carbonyl (C=O) groups excluding carboxylic acids is 1. The van der Waals surface area contributed by atoms with Crippen molar-refractivity contribution in [3.8, 4) is 0 Å². The molecule has 12 heavy (non-hydrogen) atoms. The van der Waals surface area contributed by atoms with Gasteiger partial charge in [-0.1, -0.05) is 0 Å². The first-order chi connectivity index (χ1) is 5.74. The molecule has 0 bridgehead atoms. The summed E-state index contributed by atoms with van der Waals surface area (Å²) in [5.74, 6) is 0.228. The van der Waals surface area contributed by atoms with Crippen LogP contribution in [-0.2, 0) is 9.53 Å². The maximum absolute atomic E-state index is 11.2. The number of rotatable bonds is 4.